The van der Waals surface area contributed by atoms with Crippen molar-refractivity contribution in [2.75, 3.05) is 6.54 Å². The molecule has 0 bridgehead atoms. The Morgan fingerprint density at radius 3 is 2.48 bits per heavy atom. The number of hydrogen-bond acceptors (Lipinski definition) is 2. The summed E-state index contributed by atoms with van der Waals surface area (Å²) in [6.07, 6.45) is 5.06. The van der Waals surface area contributed by atoms with Gasteiger partial charge in [0.25, 0.3) is 0 Å². The Balaban J connectivity index is 2.99. The molecular weight excluding hydrogens is 282 g/mol. The molecule has 0 radical (unpaired) electrons. The van der Waals surface area contributed by atoms with E-state index in [1.807, 2.05) is 0 Å². The zero-order valence-corrected chi connectivity index (χ0v) is 15.3. The number of halogens is 1. The molecule has 0 aliphatic heterocycles. The summed E-state index contributed by atoms with van der Waals surface area (Å²) in [5.74, 6) is 0.605. The minimum absolute atomic E-state index is 0.278. The number of hydrogen-bond donors (Lipinski definition) is 1. The smallest absolute Gasteiger partial charge is 0.0834 e. The van der Waals surface area contributed by atoms with Gasteiger partial charge in [-0.05, 0) is 37.1 Å². The molecule has 1 aromatic heterocycles. The summed E-state index contributed by atoms with van der Waals surface area (Å²) in [6, 6.07) is 0.278. The first-order chi connectivity index (χ1) is 9.81. The number of aromatic nitrogens is 2. The van der Waals surface area contributed by atoms with Crippen LogP contribution in [0.25, 0.3) is 0 Å². The zero-order valence-electron chi connectivity index (χ0n) is 14.5. The average Bonchev–Trinajstić information content (AvgIpc) is 2.75. The lowest BCUT2D eigenvalue weighted by molar-refractivity contribution is 0.219. The van der Waals surface area contributed by atoms with Crippen molar-refractivity contribution in [3.63, 3.8) is 0 Å². The molecule has 21 heavy (non-hydrogen) atoms. The highest BCUT2D eigenvalue weighted by molar-refractivity contribution is 6.31. The van der Waals surface area contributed by atoms with Crippen LogP contribution in [0.15, 0.2) is 6.20 Å². The van der Waals surface area contributed by atoms with Gasteiger partial charge in [0, 0.05) is 6.54 Å². The Hall–Kier alpha value is -0.540. The molecule has 0 aliphatic rings. The van der Waals surface area contributed by atoms with Crippen molar-refractivity contribution in [2.45, 2.75) is 73.4 Å². The minimum atomic E-state index is 0.278. The van der Waals surface area contributed by atoms with E-state index in [2.05, 4.69) is 56.6 Å². The van der Waals surface area contributed by atoms with Gasteiger partial charge in [0.1, 0.15) is 0 Å². The predicted molar refractivity (Wildman–Crippen MR) is 91.8 cm³/mol. The van der Waals surface area contributed by atoms with Gasteiger partial charge in [-0.3, -0.25) is 4.68 Å². The van der Waals surface area contributed by atoms with Gasteiger partial charge < -0.3 is 5.32 Å². The van der Waals surface area contributed by atoms with Crippen LogP contribution in [0.1, 0.15) is 72.5 Å². The van der Waals surface area contributed by atoms with Crippen molar-refractivity contribution < 1.29 is 0 Å². The van der Waals surface area contributed by atoms with E-state index in [1.54, 1.807) is 6.20 Å². The molecule has 0 amide bonds. The third-order valence-corrected chi connectivity index (χ3v) is 4.60. The van der Waals surface area contributed by atoms with Crippen LogP contribution in [-0.4, -0.2) is 16.3 Å². The third-order valence-electron chi connectivity index (χ3n) is 4.31. The van der Waals surface area contributed by atoms with Gasteiger partial charge in [-0.25, -0.2) is 0 Å². The lowest BCUT2D eigenvalue weighted by atomic mass is 9.78. The molecule has 1 N–H and O–H groups in total. The predicted octanol–water partition coefficient (Wildman–Crippen LogP) is 5.06. The number of nitrogens with zero attached hydrogens (tertiary/aromatic N) is 2. The summed E-state index contributed by atoms with van der Waals surface area (Å²) in [7, 11) is 0. The Kier molecular flexibility index (Phi) is 7.22. The molecule has 122 valence electrons. The standard InChI is InChI=1S/C17H32ClN3/c1-7-9-19-15(11-13(3)17(4,5)6)16-14(18)12-20-21(16)10-8-2/h12-13,15,19H,7-11H2,1-6H3. The Bertz CT molecular complexity index is 420. The van der Waals surface area contributed by atoms with Gasteiger partial charge in [0.05, 0.1) is 23.0 Å². The molecule has 0 saturated carbocycles. The van der Waals surface area contributed by atoms with Crippen LogP contribution in [0, 0.1) is 11.3 Å². The van der Waals surface area contributed by atoms with Gasteiger partial charge in [0.15, 0.2) is 0 Å². The summed E-state index contributed by atoms with van der Waals surface area (Å²) >= 11 is 6.43. The Labute approximate surface area is 135 Å². The molecule has 0 fully saturated rings. The summed E-state index contributed by atoms with van der Waals surface area (Å²) < 4.78 is 2.07. The number of aryl methyl sites for hydroxylation is 1. The fourth-order valence-corrected chi connectivity index (χ4v) is 2.70. The Morgan fingerprint density at radius 1 is 1.29 bits per heavy atom. The van der Waals surface area contributed by atoms with E-state index in [0.29, 0.717) is 11.3 Å². The van der Waals surface area contributed by atoms with Gasteiger partial charge in [-0.15, -0.1) is 0 Å². The largest absolute Gasteiger partial charge is 0.309 e. The quantitative estimate of drug-likeness (QED) is 0.727. The monoisotopic (exact) mass is 313 g/mol. The topological polar surface area (TPSA) is 29.9 Å². The molecule has 3 nitrogen and oxygen atoms in total. The van der Waals surface area contributed by atoms with E-state index in [4.69, 9.17) is 11.6 Å². The molecular formula is C17H32ClN3. The SMILES string of the molecule is CCCNC(CC(C)C(C)(C)C)c1c(Cl)cnn1CCC. The van der Waals surface area contributed by atoms with Crippen molar-refractivity contribution in [3.8, 4) is 0 Å². The van der Waals surface area contributed by atoms with E-state index < -0.39 is 0 Å². The second-order valence-electron chi connectivity index (χ2n) is 7.11. The normalized spacial score (nSPS) is 15.2. The fraction of sp³-hybridized carbons (Fsp3) is 0.824. The van der Waals surface area contributed by atoms with Gasteiger partial charge >= 0.3 is 0 Å². The van der Waals surface area contributed by atoms with E-state index in [-0.39, 0.29) is 6.04 Å². The molecule has 0 aromatic carbocycles. The van der Waals surface area contributed by atoms with Gasteiger partial charge in [-0.1, -0.05) is 53.1 Å². The van der Waals surface area contributed by atoms with Gasteiger partial charge in [0.2, 0.25) is 0 Å². The molecule has 1 heterocycles. The van der Waals surface area contributed by atoms with Crippen LogP contribution < -0.4 is 5.32 Å². The molecule has 1 rings (SSSR count). The highest BCUT2D eigenvalue weighted by Crippen LogP contribution is 2.35. The van der Waals surface area contributed by atoms with Crippen LogP contribution in [0.2, 0.25) is 5.02 Å². The molecule has 2 atom stereocenters. The first-order valence-electron chi connectivity index (χ1n) is 8.25. The lowest BCUT2D eigenvalue weighted by Crippen LogP contribution is -2.30. The van der Waals surface area contributed by atoms with E-state index >= 15 is 0 Å². The highest BCUT2D eigenvalue weighted by Gasteiger charge is 2.27. The van der Waals surface area contributed by atoms with Gasteiger partial charge in [-0.2, -0.15) is 5.10 Å². The summed E-state index contributed by atoms with van der Waals surface area (Å²) in [4.78, 5) is 0. The first-order valence-corrected chi connectivity index (χ1v) is 8.63. The second kappa shape index (κ2) is 8.19. The van der Waals surface area contributed by atoms with Crippen molar-refractivity contribution >= 4 is 11.6 Å². The van der Waals surface area contributed by atoms with Crippen LogP contribution in [0.4, 0.5) is 0 Å². The molecule has 4 heteroatoms. The summed E-state index contributed by atoms with van der Waals surface area (Å²) in [6.45, 7) is 15.5. The van der Waals surface area contributed by atoms with Crippen molar-refractivity contribution in [2.24, 2.45) is 11.3 Å². The maximum atomic E-state index is 6.43. The lowest BCUT2D eigenvalue weighted by Gasteiger charge is -2.31. The van der Waals surface area contributed by atoms with Crippen molar-refractivity contribution in [1.82, 2.24) is 15.1 Å². The molecule has 2 unspecified atom stereocenters. The highest BCUT2D eigenvalue weighted by atomic mass is 35.5. The second-order valence-corrected chi connectivity index (χ2v) is 7.52. The molecule has 0 spiro atoms. The third kappa shape index (κ3) is 5.30. The zero-order chi connectivity index (χ0) is 16.0. The van der Waals surface area contributed by atoms with E-state index in [0.717, 1.165) is 43.1 Å². The minimum Gasteiger partial charge on any atom is -0.309 e. The van der Waals surface area contributed by atoms with E-state index in [9.17, 15) is 0 Å². The Morgan fingerprint density at radius 2 is 1.95 bits per heavy atom. The molecule has 0 saturated heterocycles. The number of nitrogens with one attached hydrogen (secondary N) is 1. The summed E-state index contributed by atoms with van der Waals surface area (Å²) in [5, 5.41) is 8.91. The molecule has 1 aromatic rings. The van der Waals surface area contributed by atoms with Crippen LogP contribution in [0.5, 0.6) is 0 Å². The molecule has 0 aliphatic carbocycles. The van der Waals surface area contributed by atoms with Crippen LogP contribution in [0.3, 0.4) is 0 Å². The van der Waals surface area contributed by atoms with Crippen LogP contribution in [-0.2, 0) is 6.54 Å². The van der Waals surface area contributed by atoms with Crippen molar-refractivity contribution in [1.29, 1.82) is 0 Å². The van der Waals surface area contributed by atoms with E-state index in [1.165, 1.54) is 0 Å². The first kappa shape index (κ1) is 18.5. The fourth-order valence-electron chi connectivity index (χ4n) is 2.43. The van der Waals surface area contributed by atoms with Crippen LogP contribution >= 0.6 is 11.6 Å². The maximum Gasteiger partial charge on any atom is 0.0834 e. The number of rotatable bonds is 8. The average molecular weight is 314 g/mol. The maximum absolute atomic E-state index is 6.43. The summed E-state index contributed by atoms with van der Waals surface area (Å²) in [5.41, 5.74) is 1.46. The van der Waals surface area contributed by atoms with Crippen molar-refractivity contribution in [3.05, 3.63) is 16.9 Å².